The van der Waals surface area contributed by atoms with E-state index in [4.69, 9.17) is 4.42 Å². The van der Waals surface area contributed by atoms with Crippen molar-refractivity contribution in [3.8, 4) is 0 Å². The molecule has 0 bridgehead atoms. The minimum atomic E-state index is 0.0128. The smallest absolute Gasteiger partial charge is 0.289 e. The second kappa shape index (κ2) is 6.02. The summed E-state index contributed by atoms with van der Waals surface area (Å²) < 4.78 is 5.58. The zero-order valence-corrected chi connectivity index (χ0v) is 11.1. The normalized spacial score (nSPS) is 17.1. The van der Waals surface area contributed by atoms with Gasteiger partial charge in [-0.3, -0.25) is 4.79 Å². The number of piperazine rings is 1. The van der Waals surface area contributed by atoms with E-state index in [1.54, 1.807) is 6.07 Å². The third kappa shape index (κ3) is 3.11. The van der Waals surface area contributed by atoms with Gasteiger partial charge in [-0.2, -0.15) is 0 Å². The van der Waals surface area contributed by atoms with E-state index in [-0.39, 0.29) is 5.91 Å². The molecule has 1 aliphatic rings. The quantitative estimate of drug-likeness (QED) is 0.843. The Labute approximate surface area is 108 Å². The van der Waals surface area contributed by atoms with Crippen LogP contribution in [0.4, 0.5) is 0 Å². The summed E-state index contributed by atoms with van der Waals surface area (Å²) in [6.07, 6.45) is 0.812. The molecule has 0 spiro atoms. The molecule has 1 N–H and O–H groups in total. The molecule has 1 saturated heterocycles. The molecule has 1 aromatic rings. The van der Waals surface area contributed by atoms with E-state index in [1.807, 2.05) is 18.0 Å². The fourth-order valence-electron chi connectivity index (χ4n) is 2.04. The Morgan fingerprint density at radius 3 is 2.72 bits per heavy atom. The van der Waals surface area contributed by atoms with Crippen molar-refractivity contribution in [3.05, 3.63) is 23.7 Å². The molecule has 0 aliphatic carbocycles. The zero-order chi connectivity index (χ0) is 13.0. The Balaban J connectivity index is 1.94. The molecule has 18 heavy (non-hydrogen) atoms. The van der Waals surface area contributed by atoms with Crippen molar-refractivity contribution >= 4 is 5.91 Å². The van der Waals surface area contributed by atoms with Crippen LogP contribution in [0, 0.1) is 0 Å². The fourth-order valence-corrected chi connectivity index (χ4v) is 2.04. The molecule has 0 saturated carbocycles. The summed E-state index contributed by atoms with van der Waals surface area (Å²) in [5.74, 6) is 1.34. The van der Waals surface area contributed by atoms with Crippen LogP contribution in [0.1, 0.15) is 16.3 Å². The predicted molar refractivity (Wildman–Crippen MR) is 69.7 cm³/mol. The molecule has 0 unspecified atom stereocenters. The molecule has 1 aliphatic heterocycles. The lowest BCUT2D eigenvalue weighted by atomic mass is 10.3. The maximum absolute atomic E-state index is 12.2. The predicted octanol–water partition coefficient (Wildman–Crippen LogP) is 0.429. The van der Waals surface area contributed by atoms with Gasteiger partial charge in [-0.05, 0) is 26.2 Å². The highest BCUT2D eigenvalue weighted by Crippen LogP contribution is 2.12. The van der Waals surface area contributed by atoms with Crippen molar-refractivity contribution in [1.82, 2.24) is 15.1 Å². The number of rotatable bonds is 4. The van der Waals surface area contributed by atoms with Crippen molar-refractivity contribution in [3.63, 3.8) is 0 Å². The average Bonchev–Trinajstić information content (AvgIpc) is 2.85. The number of nitrogens with zero attached hydrogens (tertiary/aromatic N) is 2. The van der Waals surface area contributed by atoms with E-state index in [0.717, 1.165) is 44.9 Å². The number of likely N-dealkylation sites (N-methyl/N-ethyl adjacent to an activating group) is 2. The van der Waals surface area contributed by atoms with Crippen molar-refractivity contribution in [1.29, 1.82) is 0 Å². The van der Waals surface area contributed by atoms with E-state index in [2.05, 4.69) is 17.3 Å². The highest BCUT2D eigenvalue weighted by Gasteiger charge is 2.22. The van der Waals surface area contributed by atoms with Gasteiger partial charge >= 0.3 is 0 Å². The number of carbonyl (C=O) groups excluding carboxylic acids is 1. The number of hydrogen-bond acceptors (Lipinski definition) is 4. The number of hydrogen-bond donors (Lipinski definition) is 1. The Kier molecular flexibility index (Phi) is 4.38. The van der Waals surface area contributed by atoms with Crippen LogP contribution in [0.15, 0.2) is 16.5 Å². The largest absolute Gasteiger partial charge is 0.456 e. The summed E-state index contributed by atoms with van der Waals surface area (Å²) in [6, 6.07) is 3.67. The summed E-state index contributed by atoms with van der Waals surface area (Å²) >= 11 is 0. The van der Waals surface area contributed by atoms with Gasteiger partial charge in [-0.15, -0.1) is 0 Å². The molecule has 0 atom stereocenters. The van der Waals surface area contributed by atoms with Gasteiger partial charge < -0.3 is 19.5 Å². The van der Waals surface area contributed by atoms with Crippen LogP contribution >= 0.6 is 0 Å². The molecule has 1 aromatic heterocycles. The Bertz CT molecular complexity index is 395. The van der Waals surface area contributed by atoms with Crippen LogP contribution in [0.25, 0.3) is 0 Å². The van der Waals surface area contributed by atoms with Crippen molar-refractivity contribution in [2.75, 3.05) is 46.8 Å². The van der Waals surface area contributed by atoms with Crippen LogP contribution in [-0.2, 0) is 6.42 Å². The average molecular weight is 251 g/mol. The van der Waals surface area contributed by atoms with Crippen molar-refractivity contribution < 1.29 is 9.21 Å². The molecule has 0 radical (unpaired) electrons. The summed E-state index contributed by atoms with van der Waals surface area (Å²) in [4.78, 5) is 16.3. The maximum Gasteiger partial charge on any atom is 0.289 e. The molecule has 0 aromatic carbocycles. The van der Waals surface area contributed by atoms with E-state index in [0.29, 0.717) is 5.76 Å². The van der Waals surface area contributed by atoms with Crippen molar-refractivity contribution in [2.45, 2.75) is 6.42 Å². The molecule has 100 valence electrons. The molecule has 5 heteroatoms. The van der Waals surface area contributed by atoms with Gasteiger partial charge in [0.05, 0.1) is 0 Å². The number of furan rings is 1. The van der Waals surface area contributed by atoms with Gasteiger partial charge in [0.25, 0.3) is 5.91 Å². The lowest BCUT2D eigenvalue weighted by Gasteiger charge is -2.31. The maximum atomic E-state index is 12.2. The van der Waals surface area contributed by atoms with Gasteiger partial charge in [0.15, 0.2) is 5.76 Å². The summed E-state index contributed by atoms with van der Waals surface area (Å²) in [5.41, 5.74) is 0. The zero-order valence-electron chi connectivity index (χ0n) is 11.1. The van der Waals surface area contributed by atoms with E-state index in [1.165, 1.54) is 0 Å². The van der Waals surface area contributed by atoms with E-state index >= 15 is 0 Å². The van der Waals surface area contributed by atoms with Gasteiger partial charge in [-0.25, -0.2) is 0 Å². The Morgan fingerprint density at radius 2 is 2.06 bits per heavy atom. The lowest BCUT2D eigenvalue weighted by Crippen LogP contribution is -2.47. The minimum absolute atomic E-state index is 0.0128. The molecule has 1 fully saturated rings. The van der Waals surface area contributed by atoms with E-state index < -0.39 is 0 Å². The SMILES string of the molecule is CNCCc1ccc(C(=O)N2CCN(C)CC2)o1. The fraction of sp³-hybridized carbons (Fsp3) is 0.615. The first-order valence-electron chi connectivity index (χ1n) is 6.42. The number of carbonyl (C=O) groups is 1. The first-order chi connectivity index (χ1) is 8.70. The van der Waals surface area contributed by atoms with Crippen LogP contribution in [0.3, 0.4) is 0 Å². The standard InChI is InChI=1S/C13H21N3O2/c1-14-6-5-11-3-4-12(18-11)13(17)16-9-7-15(2)8-10-16/h3-4,14H,5-10H2,1-2H3. The van der Waals surface area contributed by atoms with Crippen LogP contribution in [-0.4, -0.2) is 62.5 Å². The van der Waals surface area contributed by atoms with Gasteiger partial charge in [0.1, 0.15) is 5.76 Å². The summed E-state index contributed by atoms with van der Waals surface area (Å²) in [7, 11) is 3.98. The molecular formula is C13H21N3O2. The van der Waals surface area contributed by atoms with Crippen LogP contribution < -0.4 is 5.32 Å². The second-order valence-electron chi connectivity index (χ2n) is 4.71. The van der Waals surface area contributed by atoms with Gasteiger partial charge in [0.2, 0.25) is 0 Å². The Morgan fingerprint density at radius 1 is 1.33 bits per heavy atom. The number of nitrogens with one attached hydrogen (secondary N) is 1. The molecular weight excluding hydrogens is 230 g/mol. The van der Waals surface area contributed by atoms with Gasteiger partial charge in [0, 0.05) is 39.1 Å². The third-order valence-electron chi connectivity index (χ3n) is 3.28. The minimum Gasteiger partial charge on any atom is -0.456 e. The number of amides is 1. The lowest BCUT2D eigenvalue weighted by molar-refractivity contribution is 0.0630. The second-order valence-corrected chi connectivity index (χ2v) is 4.71. The monoisotopic (exact) mass is 251 g/mol. The highest BCUT2D eigenvalue weighted by atomic mass is 16.4. The van der Waals surface area contributed by atoms with E-state index in [9.17, 15) is 4.79 Å². The molecule has 2 heterocycles. The highest BCUT2D eigenvalue weighted by molar-refractivity contribution is 5.91. The van der Waals surface area contributed by atoms with Crippen LogP contribution in [0.2, 0.25) is 0 Å². The summed E-state index contributed by atoms with van der Waals surface area (Å²) in [6.45, 7) is 4.28. The van der Waals surface area contributed by atoms with Crippen molar-refractivity contribution in [2.24, 2.45) is 0 Å². The first-order valence-corrected chi connectivity index (χ1v) is 6.42. The van der Waals surface area contributed by atoms with Crippen LogP contribution in [0.5, 0.6) is 0 Å². The molecule has 1 amide bonds. The first kappa shape index (κ1) is 13.1. The van der Waals surface area contributed by atoms with Gasteiger partial charge in [-0.1, -0.05) is 0 Å². The summed E-state index contributed by atoms with van der Waals surface area (Å²) in [5, 5.41) is 3.06. The molecule has 5 nitrogen and oxygen atoms in total. The molecule has 2 rings (SSSR count). The third-order valence-corrected chi connectivity index (χ3v) is 3.28. The topological polar surface area (TPSA) is 48.7 Å². The Hall–Kier alpha value is -1.33.